The molecule has 0 amide bonds. The Kier molecular flexibility index (Phi) is 4.14. The van der Waals surface area contributed by atoms with E-state index >= 15 is 0 Å². The molecule has 1 aromatic rings. The van der Waals surface area contributed by atoms with Crippen molar-refractivity contribution in [1.82, 2.24) is 0 Å². The first-order valence-electron chi connectivity index (χ1n) is 6.28. The molecule has 2 rings (SSSR count). The van der Waals surface area contributed by atoms with Crippen LogP contribution in [0.2, 0.25) is 0 Å². The van der Waals surface area contributed by atoms with Crippen molar-refractivity contribution in [2.75, 3.05) is 0 Å². The molecular weight excluding hydrogens is 268 g/mol. The molecule has 0 saturated carbocycles. The number of ether oxygens (including phenoxy) is 2. The molecule has 3 N–H and O–H groups in total. The second kappa shape index (κ2) is 5.53. The van der Waals surface area contributed by atoms with E-state index in [1.807, 2.05) is 0 Å². The summed E-state index contributed by atoms with van der Waals surface area (Å²) in [6, 6.07) is 0. The van der Waals surface area contributed by atoms with Crippen LogP contribution in [0.3, 0.4) is 0 Å². The van der Waals surface area contributed by atoms with Gasteiger partial charge in [0, 0.05) is 5.56 Å². The van der Waals surface area contributed by atoms with E-state index in [4.69, 9.17) is 13.9 Å². The maximum absolute atomic E-state index is 12.0. The van der Waals surface area contributed by atoms with Gasteiger partial charge in [-0.15, -0.1) is 0 Å². The average molecular weight is 286 g/mol. The lowest BCUT2D eigenvalue weighted by atomic mass is 10.00. The fourth-order valence-electron chi connectivity index (χ4n) is 2.15. The van der Waals surface area contributed by atoms with Crippen molar-refractivity contribution in [3.63, 3.8) is 0 Å². The number of hydrogen-bond acceptors (Lipinski definition) is 7. The van der Waals surface area contributed by atoms with E-state index in [0.29, 0.717) is 11.3 Å². The van der Waals surface area contributed by atoms with Gasteiger partial charge >= 0.3 is 5.97 Å². The van der Waals surface area contributed by atoms with E-state index in [1.54, 1.807) is 13.8 Å². The number of esters is 1. The van der Waals surface area contributed by atoms with Gasteiger partial charge in [0.1, 0.15) is 29.6 Å². The first-order valence-corrected chi connectivity index (χ1v) is 6.28. The highest BCUT2D eigenvalue weighted by atomic mass is 16.7. The van der Waals surface area contributed by atoms with E-state index in [2.05, 4.69) is 0 Å². The third-order valence-electron chi connectivity index (χ3n) is 3.39. The van der Waals surface area contributed by atoms with Crippen molar-refractivity contribution in [2.45, 2.75) is 51.5 Å². The van der Waals surface area contributed by atoms with Gasteiger partial charge in [0.15, 0.2) is 0 Å². The SMILES string of the molecule is Cc1coc(C)c1C(=O)O[C@@H]1O[C@@H](C)[C@H](O)[C@@H](O)[C@H]1O. The molecule has 5 atom stereocenters. The normalized spacial score (nSPS) is 34.0. The highest BCUT2D eigenvalue weighted by Crippen LogP contribution is 2.24. The fraction of sp³-hybridized carbons (Fsp3) is 0.615. The lowest BCUT2D eigenvalue weighted by molar-refractivity contribution is -0.276. The fourth-order valence-corrected chi connectivity index (χ4v) is 2.15. The molecule has 0 bridgehead atoms. The summed E-state index contributed by atoms with van der Waals surface area (Å²) < 4.78 is 15.4. The van der Waals surface area contributed by atoms with Crippen molar-refractivity contribution in [3.8, 4) is 0 Å². The van der Waals surface area contributed by atoms with E-state index in [0.717, 1.165) is 0 Å². The Morgan fingerprint density at radius 2 is 1.85 bits per heavy atom. The summed E-state index contributed by atoms with van der Waals surface area (Å²) >= 11 is 0. The highest BCUT2D eigenvalue weighted by Gasteiger charge is 2.44. The molecule has 1 aromatic heterocycles. The van der Waals surface area contributed by atoms with Crippen molar-refractivity contribution in [1.29, 1.82) is 0 Å². The van der Waals surface area contributed by atoms with Crippen LogP contribution in [0.15, 0.2) is 10.7 Å². The molecule has 7 heteroatoms. The number of hydrogen-bond donors (Lipinski definition) is 3. The van der Waals surface area contributed by atoms with Crippen molar-refractivity contribution in [3.05, 3.63) is 23.2 Å². The van der Waals surface area contributed by atoms with Crippen molar-refractivity contribution >= 4 is 5.97 Å². The van der Waals surface area contributed by atoms with Crippen LogP contribution in [-0.2, 0) is 9.47 Å². The Morgan fingerprint density at radius 1 is 1.20 bits per heavy atom. The van der Waals surface area contributed by atoms with Gasteiger partial charge in [-0.2, -0.15) is 0 Å². The van der Waals surface area contributed by atoms with E-state index in [9.17, 15) is 20.1 Å². The Bertz CT molecular complexity index is 475. The largest absolute Gasteiger partial charge is 0.468 e. The summed E-state index contributed by atoms with van der Waals surface area (Å²) in [7, 11) is 0. The van der Waals surface area contributed by atoms with Crippen LogP contribution in [-0.4, -0.2) is 52.0 Å². The number of aryl methyl sites for hydroxylation is 2. The molecule has 0 aromatic carbocycles. The zero-order valence-electron chi connectivity index (χ0n) is 11.4. The molecule has 0 aliphatic carbocycles. The molecule has 1 aliphatic rings. The monoisotopic (exact) mass is 286 g/mol. The zero-order valence-corrected chi connectivity index (χ0v) is 11.4. The number of aliphatic hydroxyl groups is 3. The minimum Gasteiger partial charge on any atom is -0.468 e. The Hall–Kier alpha value is -1.41. The number of carbonyl (C=O) groups is 1. The van der Waals surface area contributed by atoms with Gasteiger partial charge in [0.2, 0.25) is 6.29 Å². The predicted octanol–water partition coefficient (Wildman–Crippen LogP) is -0.119. The molecule has 1 aliphatic heterocycles. The van der Waals surface area contributed by atoms with Gasteiger partial charge in [-0.1, -0.05) is 0 Å². The number of rotatable bonds is 2. The summed E-state index contributed by atoms with van der Waals surface area (Å²) in [4.78, 5) is 12.0. The van der Waals surface area contributed by atoms with Crippen LogP contribution in [0.25, 0.3) is 0 Å². The summed E-state index contributed by atoms with van der Waals surface area (Å²) in [5.74, 6) is -0.319. The van der Waals surface area contributed by atoms with Crippen LogP contribution in [0.4, 0.5) is 0 Å². The third kappa shape index (κ3) is 2.57. The summed E-state index contributed by atoms with van der Waals surface area (Å²) in [5, 5.41) is 29.0. The zero-order chi connectivity index (χ0) is 15.0. The van der Waals surface area contributed by atoms with Gasteiger partial charge in [-0.05, 0) is 20.8 Å². The summed E-state index contributed by atoms with van der Waals surface area (Å²) in [5.41, 5.74) is 0.862. The van der Waals surface area contributed by atoms with E-state index in [-0.39, 0.29) is 5.56 Å². The van der Waals surface area contributed by atoms with Crippen molar-refractivity contribution < 1.29 is 34.0 Å². The van der Waals surface area contributed by atoms with Gasteiger partial charge in [-0.25, -0.2) is 4.79 Å². The lowest BCUT2D eigenvalue weighted by Crippen LogP contribution is -2.57. The molecule has 112 valence electrons. The van der Waals surface area contributed by atoms with E-state index < -0.39 is 36.7 Å². The number of furan rings is 1. The quantitative estimate of drug-likeness (QED) is 0.650. The highest BCUT2D eigenvalue weighted by molar-refractivity contribution is 5.92. The van der Waals surface area contributed by atoms with Gasteiger partial charge in [-0.3, -0.25) is 0 Å². The first-order chi connectivity index (χ1) is 9.32. The molecule has 0 radical (unpaired) electrons. The molecule has 0 spiro atoms. The van der Waals surface area contributed by atoms with Crippen LogP contribution < -0.4 is 0 Å². The van der Waals surface area contributed by atoms with Crippen molar-refractivity contribution in [2.24, 2.45) is 0 Å². The smallest absolute Gasteiger partial charge is 0.344 e. The van der Waals surface area contributed by atoms with Gasteiger partial charge in [0.05, 0.1) is 12.4 Å². The second-order valence-electron chi connectivity index (χ2n) is 4.94. The lowest BCUT2D eigenvalue weighted by Gasteiger charge is -2.38. The molecule has 1 fully saturated rings. The minimum absolute atomic E-state index is 0.258. The number of carbonyl (C=O) groups excluding carboxylic acids is 1. The predicted molar refractivity (Wildman–Crippen MR) is 66.0 cm³/mol. The van der Waals surface area contributed by atoms with Crippen LogP contribution >= 0.6 is 0 Å². The molecular formula is C13H18O7. The average Bonchev–Trinajstić information content (AvgIpc) is 2.73. The molecule has 20 heavy (non-hydrogen) atoms. The Labute approximate surface area is 115 Å². The molecule has 2 heterocycles. The first kappa shape index (κ1) is 15.0. The summed E-state index contributed by atoms with van der Waals surface area (Å²) in [6.07, 6.45) is -4.88. The van der Waals surface area contributed by atoms with Gasteiger partial charge < -0.3 is 29.2 Å². The Morgan fingerprint density at radius 3 is 2.40 bits per heavy atom. The Balaban J connectivity index is 2.12. The molecule has 1 saturated heterocycles. The van der Waals surface area contributed by atoms with Crippen LogP contribution in [0.1, 0.15) is 28.6 Å². The topological polar surface area (TPSA) is 109 Å². The summed E-state index contributed by atoms with van der Waals surface area (Å²) in [6.45, 7) is 4.81. The maximum Gasteiger partial charge on any atom is 0.344 e. The second-order valence-corrected chi connectivity index (χ2v) is 4.94. The van der Waals surface area contributed by atoms with Crippen LogP contribution in [0.5, 0.6) is 0 Å². The van der Waals surface area contributed by atoms with Crippen LogP contribution in [0, 0.1) is 13.8 Å². The molecule has 7 nitrogen and oxygen atoms in total. The van der Waals surface area contributed by atoms with Gasteiger partial charge in [0.25, 0.3) is 0 Å². The third-order valence-corrected chi connectivity index (χ3v) is 3.39. The number of aliphatic hydroxyl groups excluding tert-OH is 3. The van der Waals surface area contributed by atoms with E-state index in [1.165, 1.54) is 13.2 Å². The standard InChI is InChI=1S/C13H18O7/c1-5-4-18-6(2)8(5)12(17)20-13-11(16)10(15)9(14)7(3)19-13/h4,7,9-11,13-16H,1-3H3/t7-,9-,10+,11+,13-/m0/s1. The minimum atomic E-state index is -1.52. The maximum atomic E-state index is 12.0. The molecule has 0 unspecified atom stereocenters.